The molecule has 0 aliphatic rings. The Bertz CT molecular complexity index is 161. The van der Waals surface area contributed by atoms with Crippen molar-refractivity contribution in [2.24, 2.45) is 5.41 Å². The van der Waals surface area contributed by atoms with Crippen LogP contribution in [-0.4, -0.2) is 24.2 Å². The number of carboxylic acids is 1. The molecule has 3 heteroatoms. The maximum atomic E-state index is 10.2. The van der Waals surface area contributed by atoms with Gasteiger partial charge in [0.25, 0.3) is 0 Å². The highest BCUT2D eigenvalue weighted by Crippen LogP contribution is 2.16. The SMILES string of the molecule is CC(C)(C)CCNCCCCC(=O)O. The van der Waals surface area contributed by atoms with Gasteiger partial charge in [-0.3, -0.25) is 4.79 Å². The second kappa shape index (κ2) is 6.82. The van der Waals surface area contributed by atoms with E-state index in [0.29, 0.717) is 11.8 Å². The Kier molecular flexibility index (Phi) is 6.54. The van der Waals surface area contributed by atoms with Crippen molar-refractivity contribution in [3.8, 4) is 0 Å². The predicted molar refractivity (Wildman–Crippen MR) is 58.4 cm³/mol. The molecule has 14 heavy (non-hydrogen) atoms. The van der Waals surface area contributed by atoms with E-state index in [4.69, 9.17) is 5.11 Å². The Labute approximate surface area is 86.9 Å². The second-order valence-corrected chi connectivity index (χ2v) is 4.91. The lowest BCUT2D eigenvalue weighted by Crippen LogP contribution is -2.21. The first-order chi connectivity index (χ1) is 6.42. The van der Waals surface area contributed by atoms with Crippen LogP contribution in [0.5, 0.6) is 0 Å². The van der Waals surface area contributed by atoms with Crippen LogP contribution in [-0.2, 0) is 4.79 Å². The summed E-state index contributed by atoms with van der Waals surface area (Å²) in [6, 6.07) is 0. The average molecular weight is 201 g/mol. The average Bonchev–Trinajstić information content (AvgIpc) is 2.00. The van der Waals surface area contributed by atoms with Crippen molar-refractivity contribution in [1.29, 1.82) is 0 Å². The maximum Gasteiger partial charge on any atom is 0.303 e. The summed E-state index contributed by atoms with van der Waals surface area (Å²) in [5, 5.41) is 11.7. The predicted octanol–water partition coefficient (Wildman–Crippen LogP) is 2.27. The van der Waals surface area contributed by atoms with E-state index in [1.807, 2.05) is 0 Å². The quantitative estimate of drug-likeness (QED) is 0.621. The fourth-order valence-electron chi connectivity index (χ4n) is 1.11. The highest BCUT2D eigenvalue weighted by molar-refractivity contribution is 5.66. The van der Waals surface area contributed by atoms with E-state index in [9.17, 15) is 4.79 Å². The topological polar surface area (TPSA) is 49.3 Å². The molecule has 0 aromatic heterocycles. The molecule has 3 nitrogen and oxygen atoms in total. The second-order valence-electron chi connectivity index (χ2n) is 4.91. The summed E-state index contributed by atoms with van der Waals surface area (Å²) in [5.74, 6) is -0.695. The molecular weight excluding hydrogens is 178 g/mol. The Morgan fingerprint density at radius 1 is 1.21 bits per heavy atom. The van der Waals surface area contributed by atoms with Crippen LogP contribution < -0.4 is 5.32 Å². The lowest BCUT2D eigenvalue weighted by molar-refractivity contribution is -0.137. The summed E-state index contributed by atoms with van der Waals surface area (Å²) in [7, 11) is 0. The number of nitrogens with one attached hydrogen (secondary N) is 1. The standard InChI is InChI=1S/C11H23NO2/c1-11(2,3)7-9-12-8-5-4-6-10(13)14/h12H,4-9H2,1-3H3,(H,13,14). The smallest absolute Gasteiger partial charge is 0.303 e. The summed E-state index contributed by atoms with van der Waals surface area (Å²) in [4.78, 5) is 10.2. The lowest BCUT2D eigenvalue weighted by atomic mass is 9.92. The van der Waals surface area contributed by atoms with Crippen LogP contribution in [0.1, 0.15) is 46.5 Å². The van der Waals surface area contributed by atoms with Crippen LogP contribution in [0.3, 0.4) is 0 Å². The molecule has 0 aliphatic heterocycles. The number of hydrogen-bond acceptors (Lipinski definition) is 2. The molecule has 0 radical (unpaired) electrons. The summed E-state index contributed by atoms with van der Waals surface area (Å²) >= 11 is 0. The normalized spacial score (nSPS) is 11.6. The third-order valence-electron chi connectivity index (χ3n) is 2.05. The monoisotopic (exact) mass is 201 g/mol. The van der Waals surface area contributed by atoms with Gasteiger partial charge in [-0.1, -0.05) is 20.8 Å². The molecule has 2 N–H and O–H groups in total. The number of hydrogen-bond donors (Lipinski definition) is 2. The van der Waals surface area contributed by atoms with Gasteiger partial charge in [0, 0.05) is 6.42 Å². The molecule has 0 spiro atoms. The number of aliphatic carboxylic acids is 1. The van der Waals surface area contributed by atoms with Crippen molar-refractivity contribution in [2.45, 2.75) is 46.5 Å². The van der Waals surface area contributed by atoms with Gasteiger partial charge in [0.15, 0.2) is 0 Å². The van der Waals surface area contributed by atoms with E-state index in [2.05, 4.69) is 26.1 Å². The van der Waals surface area contributed by atoms with Gasteiger partial charge >= 0.3 is 5.97 Å². The first-order valence-electron chi connectivity index (χ1n) is 5.34. The third-order valence-corrected chi connectivity index (χ3v) is 2.05. The Hall–Kier alpha value is -0.570. The van der Waals surface area contributed by atoms with E-state index in [1.165, 1.54) is 0 Å². The van der Waals surface area contributed by atoms with Gasteiger partial charge in [-0.15, -0.1) is 0 Å². The summed E-state index contributed by atoms with van der Waals surface area (Å²) in [5.41, 5.74) is 0.383. The summed E-state index contributed by atoms with van der Waals surface area (Å²) < 4.78 is 0. The van der Waals surface area contributed by atoms with E-state index in [0.717, 1.165) is 32.4 Å². The number of unbranched alkanes of at least 4 members (excludes halogenated alkanes) is 1. The van der Waals surface area contributed by atoms with Crippen LogP contribution >= 0.6 is 0 Å². The van der Waals surface area contributed by atoms with Crippen LogP contribution in [0, 0.1) is 5.41 Å². The molecule has 0 heterocycles. The van der Waals surface area contributed by atoms with E-state index >= 15 is 0 Å². The Balaban J connectivity index is 3.11. The molecule has 0 saturated carbocycles. The van der Waals surface area contributed by atoms with Crippen molar-refractivity contribution >= 4 is 5.97 Å². The number of carbonyl (C=O) groups is 1. The molecule has 0 aromatic rings. The van der Waals surface area contributed by atoms with Gasteiger partial charge in [-0.25, -0.2) is 0 Å². The fourth-order valence-corrected chi connectivity index (χ4v) is 1.11. The minimum absolute atomic E-state index is 0.293. The van der Waals surface area contributed by atoms with Crippen LogP contribution in [0.25, 0.3) is 0 Å². The van der Waals surface area contributed by atoms with Crippen molar-refractivity contribution in [1.82, 2.24) is 5.32 Å². The molecule has 0 fully saturated rings. The number of rotatable bonds is 7. The minimum Gasteiger partial charge on any atom is -0.481 e. The summed E-state index contributed by atoms with van der Waals surface area (Å²) in [6.07, 6.45) is 3.18. The van der Waals surface area contributed by atoms with Crippen molar-refractivity contribution < 1.29 is 9.90 Å². The van der Waals surface area contributed by atoms with Gasteiger partial charge in [0.1, 0.15) is 0 Å². The molecule has 84 valence electrons. The molecule has 0 amide bonds. The zero-order valence-electron chi connectivity index (χ0n) is 9.60. The van der Waals surface area contributed by atoms with Crippen LogP contribution in [0.15, 0.2) is 0 Å². The first-order valence-corrected chi connectivity index (χ1v) is 5.34. The molecule has 0 unspecified atom stereocenters. The molecule has 0 atom stereocenters. The highest BCUT2D eigenvalue weighted by atomic mass is 16.4. The third kappa shape index (κ3) is 11.4. The molecule has 0 rings (SSSR count). The lowest BCUT2D eigenvalue weighted by Gasteiger charge is -2.17. The van der Waals surface area contributed by atoms with Crippen LogP contribution in [0.2, 0.25) is 0 Å². The zero-order valence-corrected chi connectivity index (χ0v) is 9.60. The summed E-state index contributed by atoms with van der Waals surface area (Å²) in [6.45, 7) is 8.62. The minimum atomic E-state index is -0.695. The highest BCUT2D eigenvalue weighted by Gasteiger charge is 2.08. The largest absolute Gasteiger partial charge is 0.481 e. The molecule has 0 bridgehead atoms. The van der Waals surface area contributed by atoms with E-state index in [-0.39, 0.29) is 0 Å². The maximum absolute atomic E-state index is 10.2. The van der Waals surface area contributed by atoms with E-state index in [1.54, 1.807) is 0 Å². The van der Waals surface area contributed by atoms with Gasteiger partial charge in [0.05, 0.1) is 0 Å². The van der Waals surface area contributed by atoms with E-state index < -0.39 is 5.97 Å². The van der Waals surface area contributed by atoms with Gasteiger partial charge in [-0.2, -0.15) is 0 Å². The van der Waals surface area contributed by atoms with Gasteiger partial charge in [0.2, 0.25) is 0 Å². The molecule has 0 aliphatic carbocycles. The fraction of sp³-hybridized carbons (Fsp3) is 0.909. The first kappa shape index (κ1) is 13.4. The Morgan fingerprint density at radius 3 is 2.36 bits per heavy atom. The Morgan fingerprint density at radius 2 is 1.86 bits per heavy atom. The van der Waals surface area contributed by atoms with Crippen molar-refractivity contribution in [2.75, 3.05) is 13.1 Å². The van der Waals surface area contributed by atoms with Crippen molar-refractivity contribution in [3.05, 3.63) is 0 Å². The van der Waals surface area contributed by atoms with Gasteiger partial charge < -0.3 is 10.4 Å². The molecule has 0 aromatic carbocycles. The van der Waals surface area contributed by atoms with Crippen molar-refractivity contribution in [3.63, 3.8) is 0 Å². The van der Waals surface area contributed by atoms with Crippen LogP contribution in [0.4, 0.5) is 0 Å². The van der Waals surface area contributed by atoms with Gasteiger partial charge in [-0.05, 0) is 37.8 Å². The number of carboxylic acid groups (broad SMARTS) is 1. The molecule has 0 saturated heterocycles. The molecular formula is C11H23NO2. The zero-order chi connectivity index (χ0) is 11.0.